The van der Waals surface area contributed by atoms with Gasteiger partial charge in [-0.25, -0.2) is 19.2 Å². The monoisotopic (exact) mass is 466 g/mol. The van der Waals surface area contributed by atoms with Gasteiger partial charge in [0.1, 0.15) is 24.2 Å². The van der Waals surface area contributed by atoms with E-state index in [-0.39, 0.29) is 18.2 Å². The van der Waals surface area contributed by atoms with E-state index in [4.69, 9.17) is 10.2 Å². The van der Waals surface area contributed by atoms with Crippen LogP contribution in [0.2, 0.25) is 0 Å². The maximum absolute atomic E-state index is 13.8. The maximum atomic E-state index is 13.8. The summed E-state index contributed by atoms with van der Waals surface area (Å²) in [7, 11) is 0. The molecule has 4 rings (SSSR count). The van der Waals surface area contributed by atoms with Crippen molar-refractivity contribution in [3.8, 4) is 11.1 Å². The van der Waals surface area contributed by atoms with Gasteiger partial charge in [0.25, 0.3) is 0 Å². The van der Waals surface area contributed by atoms with Crippen LogP contribution in [0.5, 0.6) is 0 Å². The molecule has 0 saturated heterocycles. The van der Waals surface area contributed by atoms with Crippen LogP contribution in [-0.4, -0.2) is 16.0 Å². The zero-order valence-corrected chi connectivity index (χ0v) is 16.6. The molecule has 0 unspecified atom stereocenters. The first-order valence-electron chi connectivity index (χ1n) is 8.75. The number of carbonyl (C=O) groups is 1. The Kier molecular flexibility index (Phi) is 6.21. The maximum Gasteiger partial charge on any atom is 0.416 e. The molecule has 32 heavy (non-hydrogen) atoms. The van der Waals surface area contributed by atoms with Gasteiger partial charge in [-0.3, -0.25) is 0 Å². The standard InChI is InChI=1S/C20H13F4N5O2.ClH/c21-14-6-3-11(20(22,23)24)7-15(14)29-19(30)28-12-4-1-10(2-5-12)13-8-31-18-16(13)17(25)26-9-27-18;/h1-9H,(H2,25,26,27)(H2,28,29,30);1H/p-1. The average Bonchev–Trinajstić information content (AvgIpc) is 3.15. The number of alkyl halides is 3. The minimum atomic E-state index is -4.66. The van der Waals surface area contributed by atoms with E-state index in [1.807, 2.05) is 0 Å². The van der Waals surface area contributed by atoms with E-state index in [2.05, 4.69) is 20.6 Å². The predicted octanol–water partition coefficient (Wildman–Crippen LogP) is 2.28. The Morgan fingerprint density at radius 2 is 1.75 bits per heavy atom. The molecule has 2 amide bonds. The molecule has 0 saturated carbocycles. The third kappa shape index (κ3) is 4.57. The first-order valence-corrected chi connectivity index (χ1v) is 8.75. The molecule has 0 radical (unpaired) electrons. The lowest BCUT2D eigenvalue weighted by atomic mass is 10.1. The quantitative estimate of drug-likeness (QED) is 0.402. The van der Waals surface area contributed by atoms with E-state index in [1.165, 1.54) is 12.6 Å². The summed E-state index contributed by atoms with van der Waals surface area (Å²) in [4.78, 5) is 20.0. The second-order valence-corrected chi connectivity index (χ2v) is 6.44. The molecule has 2 heterocycles. The predicted molar refractivity (Wildman–Crippen MR) is 106 cm³/mol. The van der Waals surface area contributed by atoms with Gasteiger partial charge in [-0.1, -0.05) is 12.1 Å². The molecule has 0 aliphatic heterocycles. The van der Waals surface area contributed by atoms with E-state index in [1.54, 1.807) is 24.3 Å². The highest BCUT2D eigenvalue weighted by atomic mass is 35.5. The van der Waals surface area contributed by atoms with Crippen molar-refractivity contribution in [2.45, 2.75) is 6.18 Å². The average molecular weight is 467 g/mol. The molecular weight excluding hydrogens is 454 g/mol. The summed E-state index contributed by atoms with van der Waals surface area (Å²) in [6, 6.07) is 7.28. The fraction of sp³-hybridized carbons (Fsp3) is 0.0500. The number of nitrogens with zero attached hydrogens (tertiary/aromatic N) is 2. The molecule has 2 aromatic carbocycles. The SMILES string of the molecule is Nc1ncnc2occ(-c3ccc(NC(=O)Nc4cc(C(F)(F)F)ccc4F)cc3)c12.[Cl-]. The number of benzene rings is 2. The van der Waals surface area contributed by atoms with Crippen molar-refractivity contribution in [3.05, 3.63) is 66.4 Å². The summed E-state index contributed by atoms with van der Waals surface area (Å²) < 4.78 is 57.5. The highest BCUT2D eigenvalue weighted by Crippen LogP contribution is 2.33. The smallest absolute Gasteiger partial charge is 0.416 e. The van der Waals surface area contributed by atoms with Gasteiger partial charge in [0, 0.05) is 11.3 Å². The van der Waals surface area contributed by atoms with Crippen LogP contribution in [-0.2, 0) is 6.18 Å². The highest BCUT2D eigenvalue weighted by Gasteiger charge is 2.31. The lowest BCUT2D eigenvalue weighted by molar-refractivity contribution is -0.137. The first-order chi connectivity index (χ1) is 14.7. The Labute approximate surface area is 184 Å². The van der Waals surface area contributed by atoms with Crippen LogP contribution in [0.25, 0.3) is 22.2 Å². The molecule has 2 aromatic heterocycles. The van der Waals surface area contributed by atoms with E-state index >= 15 is 0 Å². The van der Waals surface area contributed by atoms with Crippen LogP contribution in [0.15, 0.2) is 59.5 Å². The van der Waals surface area contributed by atoms with Gasteiger partial charge in [-0.2, -0.15) is 13.2 Å². The third-order valence-corrected chi connectivity index (χ3v) is 4.40. The largest absolute Gasteiger partial charge is 1.00 e. The van der Waals surface area contributed by atoms with Gasteiger partial charge < -0.3 is 33.2 Å². The Hall–Kier alpha value is -3.86. The molecule has 4 N–H and O–H groups in total. The summed E-state index contributed by atoms with van der Waals surface area (Å²) in [5.41, 5.74) is 6.21. The van der Waals surface area contributed by atoms with Crippen LogP contribution in [0.3, 0.4) is 0 Å². The fourth-order valence-electron chi connectivity index (χ4n) is 2.93. The number of carbonyl (C=O) groups excluding carboxylic acids is 1. The van der Waals surface area contributed by atoms with Crippen molar-refractivity contribution >= 4 is 34.3 Å². The number of nitrogen functional groups attached to an aromatic ring is 1. The topological polar surface area (TPSA) is 106 Å². The van der Waals surface area contributed by atoms with Crippen molar-refractivity contribution in [3.63, 3.8) is 0 Å². The van der Waals surface area contributed by atoms with Crippen LogP contribution >= 0.6 is 0 Å². The third-order valence-electron chi connectivity index (χ3n) is 4.40. The summed E-state index contributed by atoms with van der Waals surface area (Å²) in [6.07, 6.45) is -1.91. The van der Waals surface area contributed by atoms with E-state index in [9.17, 15) is 22.4 Å². The number of halogens is 5. The van der Waals surface area contributed by atoms with Gasteiger partial charge in [0.2, 0.25) is 5.71 Å². The number of hydrogen-bond donors (Lipinski definition) is 3. The molecule has 7 nitrogen and oxygen atoms in total. The Balaban J connectivity index is 0.00000289. The number of fused-ring (bicyclic) bond motifs is 1. The number of anilines is 3. The number of nitrogens with one attached hydrogen (secondary N) is 2. The number of hydrogen-bond acceptors (Lipinski definition) is 5. The molecule has 0 aliphatic rings. The summed E-state index contributed by atoms with van der Waals surface area (Å²) >= 11 is 0. The van der Waals surface area contributed by atoms with Crippen LogP contribution in [0, 0.1) is 5.82 Å². The second kappa shape index (κ2) is 8.71. The lowest BCUT2D eigenvalue weighted by Crippen LogP contribution is -3.00. The lowest BCUT2D eigenvalue weighted by Gasteiger charge is -2.12. The fourth-order valence-corrected chi connectivity index (χ4v) is 2.93. The molecule has 0 atom stereocenters. The van der Waals surface area contributed by atoms with E-state index < -0.39 is 29.3 Å². The number of furan rings is 1. The van der Waals surface area contributed by atoms with Gasteiger partial charge in [0.05, 0.1) is 16.6 Å². The van der Waals surface area contributed by atoms with E-state index in [0.717, 1.165) is 0 Å². The number of aromatic nitrogens is 2. The summed E-state index contributed by atoms with van der Waals surface area (Å²) in [5, 5.41) is 5.04. The Bertz CT molecular complexity index is 1280. The molecule has 4 aromatic rings. The first kappa shape index (κ1) is 22.8. The molecule has 166 valence electrons. The van der Waals surface area contributed by atoms with Gasteiger partial charge in [-0.05, 0) is 35.9 Å². The number of amides is 2. The van der Waals surface area contributed by atoms with Crippen molar-refractivity contribution in [2.24, 2.45) is 0 Å². The van der Waals surface area contributed by atoms with Crippen LogP contribution < -0.4 is 28.8 Å². The van der Waals surface area contributed by atoms with E-state index in [0.29, 0.717) is 46.1 Å². The summed E-state index contributed by atoms with van der Waals surface area (Å²) in [5.74, 6) is -0.747. The van der Waals surface area contributed by atoms with Crippen molar-refractivity contribution in [1.29, 1.82) is 0 Å². The van der Waals surface area contributed by atoms with Crippen LogP contribution in [0.1, 0.15) is 5.56 Å². The van der Waals surface area contributed by atoms with Gasteiger partial charge in [0.15, 0.2) is 0 Å². The molecule has 0 bridgehead atoms. The second-order valence-electron chi connectivity index (χ2n) is 6.44. The number of nitrogens with two attached hydrogens (primary N) is 1. The number of rotatable bonds is 3. The van der Waals surface area contributed by atoms with Gasteiger partial charge in [-0.15, -0.1) is 0 Å². The van der Waals surface area contributed by atoms with Crippen molar-refractivity contribution in [2.75, 3.05) is 16.4 Å². The molecule has 0 spiro atoms. The summed E-state index contributed by atoms with van der Waals surface area (Å²) in [6.45, 7) is 0. The molecule has 0 fully saturated rings. The Morgan fingerprint density at radius 3 is 2.44 bits per heavy atom. The molecule has 0 aliphatic carbocycles. The van der Waals surface area contributed by atoms with Crippen molar-refractivity contribution in [1.82, 2.24) is 9.97 Å². The number of urea groups is 1. The van der Waals surface area contributed by atoms with Crippen molar-refractivity contribution < 1.29 is 39.2 Å². The van der Waals surface area contributed by atoms with Gasteiger partial charge >= 0.3 is 12.2 Å². The minimum Gasteiger partial charge on any atom is -1.00 e. The minimum absolute atomic E-state index is 0. The zero-order valence-electron chi connectivity index (χ0n) is 15.9. The molecular formula is C20H13ClF4N5O2-. The van der Waals surface area contributed by atoms with Crippen LogP contribution in [0.4, 0.5) is 39.5 Å². The molecule has 12 heteroatoms. The normalized spacial score (nSPS) is 11.1. The Morgan fingerprint density at radius 1 is 1.03 bits per heavy atom. The zero-order chi connectivity index (χ0) is 22.2. The highest BCUT2D eigenvalue weighted by molar-refractivity contribution is 6.01.